The topological polar surface area (TPSA) is 110 Å². The van der Waals surface area contributed by atoms with Gasteiger partial charge in [-0.05, 0) is 37.1 Å². The molecule has 0 fully saturated rings. The van der Waals surface area contributed by atoms with Crippen molar-refractivity contribution in [3.63, 3.8) is 0 Å². The Balaban J connectivity index is 1.46. The smallest absolute Gasteiger partial charge is 0.341 e. The van der Waals surface area contributed by atoms with Crippen molar-refractivity contribution in [3.05, 3.63) is 77.6 Å². The third kappa shape index (κ3) is 4.26. The maximum absolute atomic E-state index is 14.2. The molecule has 5 aromatic rings. The molecule has 0 N–H and O–H groups in total. The first-order chi connectivity index (χ1) is 17.5. The summed E-state index contributed by atoms with van der Waals surface area (Å²) in [6.45, 7) is 4.33. The number of hydrogen-bond donors (Lipinski definition) is 0. The van der Waals surface area contributed by atoms with Gasteiger partial charge in [-0.3, -0.25) is 9.67 Å². The van der Waals surface area contributed by atoms with Crippen molar-refractivity contribution in [2.24, 2.45) is 0 Å². The fourth-order valence-corrected chi connectivity index (χ4v) is 3.92. The number of methoxy groups -OCH3 is 1. The van der Waals surface area contributed by atoms with E-state index in [1.807, 2.05) is 25.1 Å². The van der Waals surface area contributed by atoms with Crippen LogP contribution in [-0.4, -0.2) is 54.2 Å². The lowest BCUT2D eigenvalue weighted by atomic mass is 10.0. The molecule has 5 rings (SSSR count). The van der Waals surface area contributed by atoms with E-state index in [4.69, 9.17) is 9.47 Å². The number of nitrogens with zero attached hydrogens (tertiary/aromatic N) is 7. The molecule has 0 aliphatic heterocycles. The highest BCUT2D eigenvalue weighted by Gasteiger charge is 2.18. The zero-order chi connectivity index (χ0) is 25.2. The number of pyridine rings is 1. The predicted octanol–water partition coefficient (Wildman–Crippen LogP) is 3.76. The number of hydrogen-bond acceptors (Lipinski definition) is 8. The number of aromatic nitrogens is 7. The summed E-state index contributed by atoms with van der Waals surface area (Å²) in [5.74, 6) is -0.302. The fraction of sp³-hybridized carbons (Fsp3) is 0.200. The zero-order valence-electron chi connectivity index (χ0n) is 19.8. The summed E-state index contributed by atoms with van der Waals surface area (Å²) in [6.07, 6.45) is 6.08. The monoisotopic (exact) mass is 487 g/mol. The molecule has 0 aliphatic carbocycles. The Bertz CT molecular complexity index is 1580. The molecular weight excluding hydrogens is 465 g/mol. The fourth-order valence-electron chi connectivity index (χ4n) is 3.92. The number of carbonyl (C=O) groups is 1. The molecule has 0 saturated heterocycles. The minimum atomic E-state index is -0.475. The van der Waals surface area contributed by atoms with Gasteiger partial charge in [0.05, 0.1) is 38.2 Å². The third-order valence-electron chi connectivity index (χ3n) is 5.57. The van der Waals surface area contributed by atoms with Crippen LogP contribution in [0.3, 0.4) is 0 Å². The highest BCUT2D eigenvalue weighted by molar-refractivity contribution is 5.88. The van der Waals surface area contributed by atoms with E-state index in [2.05, 4.69) is 25.1 Å². The van der Waals surface area contributed by atoms with E-state index in [0.717, 1.165) is 16.7 Å². The van der Waals surface area contributed by atoms with Gasteiger partial charge in [-0.15, -0.1) is 0 Å². The molecule has 11 heteroatoms. The molecule has 0 amide bonds. The molecule has 36 heavy (non-hydrogen) atoms. The second kappa shape index (κ2) is 9.53. The van der Waals surface area contributed by atoms with Crippen LogP contribution in [0.4, 0.5) is 4.39 Å². The summed E-state index contributed by atoms with van der Waals surface area (Å²) >= 11 is 0. The van der Waals surface area contributed by atoms with Crippen LogP contribution in [0, 0.1) is 12.7 Å². The van der Waals surface area contributed by atoms with E-state index in [9.17, 15) is 9.18 Å². The quantitative estimate of drug-likeness (QED) is 0.319. The number of carbonyl (C=O) groups excluding carboxylic acids is 1. The van der Waals surface area contributed by atoms with Gasteiger partial charge in [0.2, 0.25) is 5.88 Å². The van der Waals surface area contributed by atoms with Gasteiger partial charge in [-0.25, -0.2) is 18.9 Å². The van der Waals surface area contributed by atoms with Crippen LogP contribution in [0.2, 0.25) is 0 Å². The second-order valence-corrected chi connectivity index (χ2v) is 7.95. The number of esters is 1. The lowest BCUT2D eigenvalue weighted by molar-refractivity contribution is 0.0526. The Morgan fingerprint density at radius 2 is 2.00 bits per heavy atom. The SMILES string of the molecule is CCOC(=O)c1cnn(-c2nc(OC)c3c(cnn3Cc3ccc(-c4ncccc4F)c(C)c3)n2)c1. The Morgan fingerprint density at radius 1 is 1.14 bits per heavy atom. The summed E-state index contributed by atoms with van der Waals surface area (Å²) < 4.78 is 27.9. The van der Waals surface area contributed by atoms with Crippen molar-refractivity contribution in [2.45, 2.75) is 20.4 Å². The number of benzene rings is 1. The Morgan fingerprint density at radius 3 is 2.75 bits per heavy atom. The van der Waals surface area contributed by atoms with Gasteiger partial charge >= 0.3 is 5.97 Å². The van der Waals surface area contributed by atoms with Gasteiger partial charge in [-0.1, -0.05) is 18.2 Å². The van der Waals surface area contributed by atoms with Crippen LogP contribution in [-0.2, 0) is 11.3 Å². The Labute approximate surface area is 205 Å². The van der Waals surface area contributed by atoms with Gasteiger partial charge in [0, 0.05) is 18.0 Å². The summed E-state index contributed by atoms with van der Waals surface area (Å²) in [7, 11) is 1.51. The van der Waals surface area contributed by atoms with E-state index in [-0.39, 0.29) is 18.4 Å². The first kappa shape index (κ1) is 23.1. The summed E-state index contributed by atoms with van der Waals surface area (Å²) in [4.78, 5) is 25.1. The van der Waals surface area contributed by atoms with Crippen LogP contribution in [0.15, 0.2) is 55.1 Å². The molecule has 0 aliphatic rings. The highest BCUT2D eigenvalue weighted by Crippen LogP contribution is 2.27. The molecule has 4 heterocycles. The van der Waals surface area contributed by atoms with Crippen LogP contribution >= 0.6 is 0 Å². The van der Waals surface area contributed by atoms with Gasteiger partial charge in [0.25, 0.3) is 5.95 Å². The summed E-state index contributed by atoms with van der Waals surface area (Å²) in [5.41, 5.74) is 4.34. The number of rotatable bonds is 7. The van der Waals surface area contributed by atoms with Crippen LogP contribution in [0.5, 0.6) is 5.88 Å². The lowest BCUT2D eigenvalue weighted by Crippen LogP contribution is -2.07. The Hall–Kier alpha value is -4.67. The van der Waals surface area contributed by atoms with Crippen molar-refractivity contribution in [3.8, 4) is 23.1 Å². The largest absolute Gasteiger partial charge is 0.479 e. The molecular formula is C25H22FN7O3. The molecule has 182 valence electrons. The first-order valence-corrected chi connectivity index (χ1v) is 11.2. The van der Waals surface area contributed by atoms with Gasteiger partial charge in [0.15, 0.2) is 0 Å². The average Bonchev–Trinajstić information content (AvgIpc) is 3.52. The zero-order valence-corrected chi connectivity index (χ0v) is 19.8. The van der Waals surface area contributed by atoms with E-state index < -0.39 is 5.97 Å². The van der Waals surface area contributed by atoms with Gasteiger partial charge < -0.3 is 9.47 Å². The van der Waals surface area contributed by atoms with Crippen molar-refractivity contribution in [2.75, 3.05) is 13.7 Å². The lowest BCUT2D eigenvalue weighted by Gasteiger charge is -2.11. The van der Waals surface area contributed by atoms with E-state index in [1.54, 1.807) is 30.1 Å². The molecule has 0 unspecified atom stereocenters. The first-order valence-electron chi connectivity index (χ1n) is 11.2. The maximum atomic E-state index is 14.2. The van der Waals surface area contributed by atoms with Crippen LogP contribution in [0.1, 0.15) is 28.4 Å². The predicted molar refractivity (Wildman–Crippen MR) is 128 cm³/mol. The highest BCUT2D eigenvalue weighted by atomic mass is 19.1. The normalized spacial score (nSPS) is 11.1. The van der Waals surface area contributed by atoms with Crippen LogP contribution in [0.25, 0.3) is 28.2 Å². The second-order valence-electron chi connectivity index (χ2n) is 7.95. The molecule has 0 bridgehead atoms. The molecule has 1 aromatic carbocycles. The van der Waals surface area contributed by atoms with E-state index in [0.29, 0.717) is 34.7 Å². The summed E-state index contributed by atoms with van der Waals surface area (Å²) in [5, 5.41) is 8.65. The molecule has 0 saturated carbocycles. The summed E-state index contributed by atoms with van der Waals surface area (Å²) in [6, 6.07) is 8.70. The molecule has 4 aromatic heterocycles. The maximum Gasteiger partial charge on any atom is 0.341 e. The van der Waals surface area contributed by atoms with Crippen molar-refractivity contribution >= 4 is 17.0 Å². The Kier molecular flexibility index (Phi) is 6.11. The number of halogens is 1. The minimum Gasteiger partial charge on any atom is -0.479 e. The average molecular weight is 487 g/mol. The van der Waals surface area contributed by atoms with Crippen molar-refractivity contribution in [1.82, 2.24) is 34.5 Å². The van der Waals surface area contributed by atoms with Crippen molar-refractivity contribution < 1.29 is 18.7 Å². The molecule has 10 nitrogen and oxygen atoms in total. The van der Waals surface area contributed by atoms with E-state index >= 15 is 0 Å². The number of fused-ring (bicyclic) bond motifs is 1. The minimum absolute atomic E-state index is 0.229. The third-order valence-corrected chi connectivity index (χ3v) is 5.57. The van der Waals surface area contributed by atoms with E-state index in [1.165, 1.54) is 30.3 Å². The number of ether oxygens (including phenoxy) is 2. The molecule has 0 spiro atoms. The number of aryl methyl sites for hydroxylation is 1. The van der Waals surface area contributed by atoms with Crippen LogP contribution < -0.4 is 4.74 Å². The standard InChI is InChI=1S/C25H22FN7O3/c1-4-36-24(34)17-11-28-33(14-17)25-30-20-12-29-32(22(20)23(31-25)35-3)13-16-7-8-18(15(2)10-16)21-19(26)6-5-9-27-21/h5-12,14H,4,13H2,1-3H3. The molecule has 0 atom stereocenters. The van der Waals surface area contributed by atoms with Gasteiger partial charge in [-0.2, -0.15) is 15.2 Å². The van der Waals surface area contributed by atoms with Gasteiger partial charge in [0.1, 0.15) is 22.5 Å². The molecule has 0 radical (unpaired) electrons. The van der Waals surface area contributed by atoms with Crippen molar-refractivity contribution in [1.29, 1.82) is 0 Å².